The topological polar surface area (TPSA) is 102 Å². The number of nitrogens with zero attached hydrogens (tertiary/aromatic N) is 3. The van der Waals surface area contributed by atoms with E-state index in [1.807, 2.05) is 18.2 Å². The molecule has 3 aliphatic rings. The number of methoxy groups -OCH3 is 1. The number of anilines is 1. The summed E-state index contributed by atoms with van der Waals surface area (Å²) in [6.45, 7) is 0.861. The van der Waals surface area contributed by atoms with Gasteiger partial charge < -0.3 is 18.9 Å². The lowest BCUT2D eigenvalue weighted by molar-refractivity contribution is -0.140. The van der Waals surface area contributed by atoms with Crippen LogP contribution in [0.1, 0.15) is 42.9 Å². The lowest BCUT2D eigenvalue weighted by atomic mass is 10.0. The Hall–Kier alpha value is -2.63. The molecule has 2 aliphatic carbocycles. The van der Waals surface area contributed by atoms with Crippen molar-refractivity contribution in [1.29, 1.82) is 0 Å². The quantitative estimate of drug-likeness (QED) is 0.274. The van der Waals surface area contributed by atoms with Gasteiger partial charge in [-0.3, -0.25) is 4.79 Å². The number of carbonyl (C=O) groups is 1. The predicted molar refractivity (Wildman–Crippen MR) is 155 cm³/mol. The molecule has 1 aromatic heterocycles. The van der Waals surface area contributed by atoms with Crippen molar-refractivity contribution < 1.29 is 27.2 Å². The molecule has 0 spiro atoms. The van der Waals surface area contributed by atoms with Crippen molar-refractivity contribution in [3.8, 4) is 11.3 Å². The highest BCUT2D eigenvalue weighted by Crippen LogP contribution is 2.47. The van der Waals surface area contributed by atoms with E-state index in [0.29, 0.717) is 45.8 Å². The van der Waals surface area contributed by atoms with E-state index in [4.69, 9.17) is 32.5 Å². The predicted octanol–water partition coefficient (Wildman–Crippen LogP) is 5.50. The Morgan fingerprint density at radius 2 is 1.83 bits per heavy atom. The highest BCUT2D eigenvalue weighted by Gasteiger charge is 2.46. The number of aromatic nitrogens is 1. The third-order valence-corrected chi connectivity index (χ3v) is 10.8. The Bertz CT molecular complexity index is 1540. The molecule has 0 N–H and O–H groups in total. The summed E-state index contributed by atoms with van der Waals surface area (Å²) in [5, 5.41) is 5.42. The van der Waals surface area contributed by atoms with Crippen molar-refractivity contribution in [2.45, 2.75) is 55.2 Å². The molecule has 0 radical (unpaired) electrons. The largest absolute Gasteiger partial charge is 0.468 e. The Morgan fingerprint density at radius 1 is 1.12 bits per heavy atom. The number of benzene rings is 2. The van der Waals surface area contributed by atoms with E-state index in [0.717, 1.165) is 53.5 Å². The summed E-state index contributed by atoms with van der Waals surface area (Å²) in [6.07, 6.45) is 4.12. The molecule has 9 nitrogen and oxygen atoms in total. The normalized spacial score (nSPS) is 22.1. The minimum absolute atomic E-state index is 0.0967. The maximum absolute atomic E-state index is 12.8. The summed E-state index contributed by atoms with van der Waals surface area (Å²) < 4.78 is 43.6. The van der Waals surface area contributed by atoms with Gasteiger partial charge in [0.15, 0.2) is 0 Å². The molecule has 3 fully saturated rings. The van der Waals surface area contributed by atoms with Gasteiger partial charge in [0.25, 0.3) is 0 Å². The average Bonchev–Trinajstić information content (AvgIpc) is 3.41. The number of likely N-dealkylation sites (N-methyl/N-ethyl adjacent to an activating group) is 1. The van der Waals surface area contributed by atoms with Crippen molar-refractivity contribution in [3.63, 3.8) is 0 Å². The van der Waals surface area contributed by atoms with Gasteiger partial charge in [0.1, 0.15) is 18.0 Å². The maximum Gasteiger partial charge on any atom is 0.321 e. The van der Waals surface area contributed by atoms with Gasteiger partial charge in [0, 0.05) is 48.3 Å². The lowest BCUT2D eigenvalue weighted by Gasteiger charge is -2.33. The SMILES string of the molecule is COC(=O)CN(C)S(=O)(=O)c1ccc(N2C[C@@H]3C[C@H]2C[C@H]3OCc2c(-c3c(Cl)cccc3Cl)noc2C2CC2)cc1. The van der Waals surface area contributed by atoms with Gasteiger partial charge in [-0.15, -0.1) is 0 Å². The Balaban J connectivity index is 1.12. The van der Waals surface area contributed by atoms with Crippen LogP contribution < -0.4 is 4.90 Å². The highest BCUT2D eigenvalue weighted by atomic mass is 35.5. The zero-order chi connectivity index (χ0) is 28.9. The van der Waals surface area contributed by atoms with Gasteiger partial charge in [-0.2, -0.15) is 4.31 Å². The van der Waals surface area contributed by atoms with E-state index in [2.05, 4.69) is 14.8 Å². The van der Waals surface area contributed by atoms with Crippen molar-refractivity contribution in [1.82, 2.24) is 9.46 Å². The lowest BCUT2D eigenvalue weighted by Crippen LogP contribution is -2.38. The number of fused-ring (bicyclic) bond motifs is 2. The van der Waals surface area contributed by atoms with E-state index >= 15 is 0 Å². The molecule has 2 aromatic carbocycles. The molecule has 218 valence electrons. The molecule has 3 aromatic rings. The maximum atomic E-state index is 12.8. The first kappa shape index (κ1) is 28.5. The summed E-state index contributed by atoms with van der Waals surface area (Å²) in [6, 6.07) is 12.5. The van der Waals surface area contributed by atoms with E-state index in [9.17, 15) is 13.2 Å². The van der Waals surface area contributed by atoms with Crippen molar-refractivity contribution >= 4 is 44.9 Å². The highest BCUT2D eigenvalue weighted by molar-refractivity contribution is 7.89. The first-order valence-electron chi connectivity index (χ1n) is 13.6. The third-order valence-electron chi connectivity index (χ3n) is 8.34. The summed E-state index contributed by atoms with van der Waals surface area (Å²) >= 11 is 13.0. The van der Waals surface area contributed by atoms with Crippen LogP contribution >= 0.6 is 23.2 Å². The van der Waals surface area contributed by atoms with Crippen LogP contribution in [0.2, 0.25) is 10.0 Å². The molecule has 2 heterocycles. The molecule has 1 aliphatic heterocycles. The molecule has 2 bridgehead atoms. The number of sulfonamides is 1. The molecular weight excluding hydrogens is 589 g/mol. The average molecular weight is 621 g/mol. The first-order chi connectivity index (χ1) is 19.7. The Kier molecular flexibility index (Phi) is 7.80. The van der Waals surface area contributed by atoms with Gasteiger partial charge in [-0.25, -0.2) is 8.42 Å². The molecule has 0 amide bonds. The van der Waals surface area contributed by atoms with Crippen LogP contribution in [0.3, 0.4) is 0 Å². The molecule has 41 heavy (non-hydrogen) atoms. The number of rotatable bonds is 10. The van der Waals surface area contributed by atoms with E-state index in [1.54, 1.807) is 24.3 Å². The molecule has 3 atom stereocenters. The zero-order valence-corrected chi connectivity index (χ0v) is 25.1. The minimum atomic E-state index is -3.80. The molecule has 12 heteroatoms. The minimum Gasteiger partial charge on any atom is -0.468 e. The fourth-order valence-electron chi connectivity index (χ4n) is 5.99. The van der Waals surface area contributed by atoms with Gasteiger partial charge in [0.2, 0.25) is 10.0 Å². The second kappa shape index (κ2) is 11.2. The van der Waals surface area contributed by atoms with E-state index in [1.165, 1.54) is 14.2 Å². The van der Waals surface area contributed by atoms with Crippen LogP contribution in [0.5, 0.6) is 0 Å². The smallest absolute Gasteiger partial charge is 0.321 e. The monoisotopic (exact) mass is 619 g/mol. The van der Waals surface area contributed by atoms with E-state index < -0.39 is 16.0 Å². The molecule has 1 saturated heterocycles. The van der Waals surface area contributed by atoms with Crippen molar-refractivity contribution in [3.05, 3.63) is 63.8 Å². The third kappa shape index (κ3) is 5.48. The van der Waals surface area contributed by atoms with Crippen LogP contribution in [-0.4, -0.2) is 63.2 Å². The van der Waals surface area contributed by atoms with Gasteiger partial charge in [-0.1, -0.05) is 34.4 Å². The zero-order valence-electron chi connectivity index (χ0n) is 22.8. The summed E-state index contributed by atoms with van der Waals surface area (Å²) in [5.41, 5.74) is 3.22. The molecule has 6 rings (SSSR count). The number of piperidine rings is 1. The van der Waals surface area contributed by atoms with Gasteiger partial charge in [-0.05, 0) is 62.1 Å². The van der Waals surface area contributed by atoms with Gasteiger partial charge in [0.05, 0.1) is 34.8 Å². The van der Waals surface area contributed by atoms with Crippen molar-refractivity contribution in [2.75, 3.05) is 32.1 Å². The Morgan fingerprint density at radius 3 is 2.44 bits per heavy atom. The summed E-state index contributed by atoms with van der Waals surface area (Å²) in [5.74, 6) is 0.965. The molecule has 0 unspecified atom stereocenters. The number of esters is 1. The number of hydrogen-bond donors (Lipinski definition) is 0. The fraction of sp³-hybridized carbons (Fsp3) is 0.448. The standard InChI is InChI=1S/C29H31Cl2N3O6S/c1-33(15-26(35)38-2)41(36,37)21-10-8-19(9-11-21)34-14-18-12-20(34)13-25(18)39-16-22-28(32-40-29(22)17-6-7-17)27-23(30)4-3-5-24(27)31/h3-5,8-11,17-18,20,25H,6-7,12-16H2,1-2H3/t18-,20-,25+/m0/s1. The Labute approximate surface area is 249 Å². The summed E-state index contributed by atoms with van der Waals surface area (Å²) in [4.78, 5) is 14.0. The van der Waals surface area contributed by atoms with Crippen LogP contribution in [0, 0.1) is 5.92 Å². The molecular formula is C29H31Cl2N3O6S. The number of halogens is 2. The number of carbonyl (C=O) groups excluding carboxylic acids is 1. The van der Waals surface area contributed by atoms with Crippen LogP contribution in [0.15, 0.2) is 51.9 Å². The number of ether oxygens (including phenoxy) is 2. The summed E-state index contributed by atoms with van der Waals surface area (Å²) in [7, 11) is -1.21. The second-order valence-electron chi connectivity index (χ2n) is 11.0. The van der Waals surface area contributed by atoms with Gasteiger partial charge >= 0.3 is 5.97 Å². The van der Waals surface area contributed by atoms with Crippen molar-refractivity contribution in [2.24, 2.45) is 5.92 Å². The van der Waals surface area contributed by atoms with E-state index in [-0.39, 0.29) is 17.5 Å². The molecule has 2 saturated carbocycles. The van der Waals surface area contributed by atoms with Crippen LogP contribution in [-0.2, 0) is 30.9 Å². The second-order valence-corrected chi connectivity index (χ2v) is 13.8. The van der Waals surface area contributed by atoms with Crippen LogP contribution in [0.25, 0.3) is 11.3 Å². The van der Waals surface area contributed by atoms with Crippen LogP contribution in [0.4, 0.5) is 5.69 Å². The first-order valence-corrected chi connectivity index (χ1v) is 15.8. The fourth-order valence-corrected chi connectivity index (χ4v) is 7.68. The number of hydrogen-bond acceptors (Lipinski definition) is 8.